The summed E-state index contributed by atoms with van der Waals surface area (Å²) in [5.74, 6) is -0.0629. The van der Waals surface area contributed by atoms with E-state index < -0.39 is 0 Å². The van der Waals surface area contributed by atoms with E-state index >= 15 is 0 Å². The van der Waals surface area contributed by atoms with Crippen molar-refractivity contribution in [1.29, 1.82) is 0 Å². The van der Waals surface area contributed by atoms with E-state index in [4.69, 9.17) is 22.7 Å². The highest BCUT2D eigenvalue weighted by molar-refractivity contribution is 7.80. The zero-order valence-corrected chi connectivity index (χ0v) is 11.8. The van der Waals surface area contributed by atoms with E-state index in [2.05, 4.69) is 9.88 Å². The van der Waals surface area contributed by atoms with E-state index in [1.165, 1.54) is 7.11 Å². The fourth-order valence-corrected chi connectivity index (χ4v) is 2.64. The Morgan fingerprint density at radius 2 is 2.32 bits per heavy atom. The second kappa shape index (κ2) is 5.52. The van der Waals surface area contributed by atoms with Crippen molar-refractivity contribution < 1.29 is 9.53 Å². The van der Waals surface area contributed by atoms with Gasteiger partial charge in [0, 0.05) is 24.8 Å². The van der Waals surface area contributed by atoms with Gasteiger partial charge >= 0.3 is 5.97 Å². The van der Waals surface area contributed by atoms with Gasteiger partial charge < -0.3 is 15.4 Å². The monoisotopic (exact) mass is 279 g/mol. The number of thiocarbonyl (C=S) groups is 1. The number of carbonyl (C=O) groups is 1. The molecule has 1 aromatic rings. The van der Waals surface area contributed by atoms with E-state index in [0.717, 1.165) is 17.8 Å². The highest BCUT2D eigenvalue weighted by atomic mass is 32.1. The quantitative estimate of drug-likeness (QED) is 0.656. The van der Waals surface area contributed by atoms with Crippen LogP contribution in [0.1, 0.15) is 12.5 Å². The van der Waals surface area contributed by atoms with Crippen LogP contribution < -0.4 is 10.6 Å². The Bertz CT molecular complexity index is 506. The molecule has 1 fully saturated rings. The van der Waals surface area contributed by atoms with E-state index in [-0.39, 0.29) is 17.8 Å². The first-order valence-electron chi connectivity index (χ1n) is 6.11. The molecule has 0 spiro atoms. The van der Waals surface area contributed by atoms with Gasteiger partial charge in [0.1, 0.15) is 4.99 Å². The second-order valence-electron chi connectivity index (χ2n) is 4.77. The number of ether oxygens (including phenoxy) is 1. The van der Waals surface area contributed by atoms with Crippen molar-refractivity contribution in [2.75, 3.05) is 25.1 Å². The molecular formula is C13H17N3O2S. The van der Waals surface area contributed by atoms with Crippen LogP contribution in [0.15, 0.2) is 18.5 Å². The van der Waals surface area contributed by atoms with Crippen molar-refractivity contribution in [2.45, 2.75) is 6.92 Å². The molecule has 0 saturated carbocycles. The number of aromatic nitrogens is 1. The number of anilines is 1. The van der Waals surface area contributed by atoms with Crippen molar-refractivity contribution in [3.05, 3.63) is 24.0 Å². The minimum atomic E-state index is -0.171. The van der Waals surface area contributed by atoms with Gasteiger partial charge in [0.15, 0.2) is 0 Å². The van der Waals surface area contributed by atoms with Crippen LogP contribution in [0.5, 0.6) is 0 Å². The third-order valence-electron chi connectivity index (χ3n) is 3.52. The molecule has 2 atom stereocenters. The van der Waals surface area contributed by atoms with Gasteiger partial charge in [-0.15, -0.1) is 0 Å². The first-order valence-corrected chi connectivity index (χ1v) is 6.52. The van der Waals surface area contributed by atoms with Gasteiger partial charge in [0.05, 0.1) is 24.9 Å². The maximum absolute atomic E-state index is 11.7. The number of esters is 1. The van der Waals surface area contributed by atoms with Crippen LogP contribution in [0.3, 0.4) is 0 Å². The number of hydrogen-bond acceptors (Lipinski definition) is 5. The van der Waals surface area contributed by atoms with Crippen LogP contribution in [0.4, 0.5) is 5.69 Å². The minimum absolute atomic E-state index is 0.121. The van der Waals surface area contributed by atoms with Crippen molar-refractivity contribution in [3.63, 3.8) is 0 Å². The molecule has 1 aliphatic rings. The normalized spacial score (nSPS) is 22.3. The van der Waals surface area contributed by atoms with Gasteiger partial charge in [0.25, 0.3) is 0 Å². The van der Waals surface area contributed by atoms with Gasteiger partial charge in [-0.2, -0.15) is 0 Å². The molecule has 19 heavy (non-hydrogen) atoms. The van der Waals surface area contributed by atoms with Crippen molar-refractivity contribution in [3.8, 4) is 0 Å². The lowest BCUT2D eigenvalue weighted by atomic mass is 9.99. The minimum Gasteiger partial charge on any atom is -0.469 e. The summed E-state index contributed by atoms with van der Waals surface area (Å²) in [5.41, 5.74) is 7.40. The topological polar surface area (TPSA) is 68.5 Å². The molecule has 2 unspecified atom stereocenters. The van der Waals surface area contributed by atoms with Gasteiger partial charge in [-0.1, -0.05) is 19.1 Å². The summed E-state index contributed by atoms with van der Waals surface area (Å²) in [6.07, 6.45) is 3.40. The summed E-state index contributed by atoms with van der Waals surface area (Å²) in [7, 11) is 1.42. The van der Waals surface area contributed by atoms with Crippen LogP contribution in [0, 0.1) is 11.8 Å². The highest BCUT2D eigenvalue weighted by Crippen LogP contribution is 2.30. The molecule has 0 aliphatic carbocycles. The summed E-state index contributed by atoms with van der Waals surface area (Å²) >= 11 is 5.05. The number of carbonyl (C=O) groups excluding carboxylic acids is 1. The first kappa shape index (κ1) is 13.7. The zero-order chi connectivity index (χ0) is 14.0. The molecule has 102 valence electrons. The average molecular weight is 279 g/mol. The molecule has 5 nitrogen and oxygen atoms in total. The Kier molecular flexibility index (Phi) is 3.99. The first-order chi connectivity index (χ1) is 9.04. The SMILES string of the molecule is COC(=O)C1CN(c2cnccc2C(N)=S)CC1C. The highest BCUT2D eigenvalue weighted by Gasteiger charge is 2.36. The van der Waals surface area contributed by atoms with Crippen molar-refractivity contribution in [1.82, 2.24) is 4.98 Å². The third kappa shape index (κ3) is 2.68. The molecule has 0 amide bonds. The van der Waals surface area contributed by atoms with Crippen molar-refractivity contribution in [2.24, 2.45) is 17.6 Å². The van der Waals surface area contributed by atoms with E-state index in [0.29, 0.717) is 11.5 Å². The average Bonchev–Trinajstić information content (AvgIpc) is 2.79. The predicted octanol–water partition coefficient (Wildman–Crippen LogP) is 0.961. The largest absolute Gasteiger partial charge is 0.469 e. The fourth-order valence-electron chi connectivity index (χ4n) is 2.47. The van der Waals surface area contributed by atoms with Gasteiger partial charge in [-0.3, -0.25) is 9.78 Å². The Balaban J connectivity index is 2.25. The molecule has 2 heterocycles. The van der Waals surface area contributed by atoms with Crippen LogP contribution in [0.25, 0.3) is 0 Å². The summed E-state index contributed by atoms with van der Waals surface area (Å²) in [4.78, 5) is 18.2. The number of rotatable bonds is 3. The van der Waals surface area contributed by atoms with Crippen LogP contribution in [-0.4, -0.2) is 36.1 Å². The van der Waals surface area contributed by atoms with Crippen LogP contribution in [0.2, 0.25) is 0 Å². The lowest BCUT2D eigenvalue weighted by molar-refractivity contribution is -0.145. The number of hydrogen-bond donors (Lipinski definition) is 1. The van der Waals surface area contributed by atoms with E-state index in [1.807, 2.05) is 6.92 Å². The maximum atomic E-state index is 11.7. The number of pyridine rings is 1. The molecule has 0 aromatic carbocycles. The number of nitrogens with zero attached hydrogens (tertiary/aromatic N) is 2. The molecule has 1 saturated heterocycles. The Hall–Kier alpha value is -1.69. The summed E-state index contributed by atoms with van der Waals surface area (Å²) in [6.45, 7) is 3.41. The number of methoxy groups -OCH3 is 1. The predicted molar refractivity (Wildman–Crippen MR) is 77.0 cm³/mol. The Morgan fingerprint density at radius 1 is 1.58 bits per heavy atom. The van der Waals surface area contributed by atoms with Crippen LogP contribution >= 0.6 is 12.2 Å². The zero-order valence-electron chi connectivity index (χ0n) is 11.0. The molecule has 0 bridgehead atoms. The standard InChI is InChI=1S/C13H17N3O2S/c1-8-6-16(7-10(8)13(17)18-2)11-5-15-4-3-9(11)12(14)19/h3-5,8,10H,6-7H2,1-2H3,(H2,14,19). The smallest absolute Gasteiger partial charge is 0.310 e. The number of nitrogens with two attached hydrogens (primary N) is 1. The van der Waals surface area contributed by atoms with Gasteiger partial charge in [-0.25, -0.2) is 0 Å². The molecule has 1 aromatic heterocycles. The summed E-state index contributed by atoms with van der Waals surface area (Å²) in [5, 5.41) is 0. The molecule has 1 aliphatic heterocycles. The lowest BCUT2D eigenvalue weighted by Gasteiger charge is -2.20. The summed E-state index contributed by atoms with van der Waals surface area (Å²) in [6, 6.07) is 1.80. The lowest BCUT2D eigenvalue weighted by Crippen LogP contribution is -2.26. The van der Waals surface area contributed by atoms with Crippen LogP contribution in [-0.2, 0) is 9.53 Å². The molecule has 2 rings (SSSR count). The second-order valence-corrected chi connectivity index (χ2v) is 5.21. The maximum Gasteiger partial charge on any atom is 0.310 e. The van der Waals surface area contributed by atoms with Gasteiger partial charge in [0.2, 0.25) is 0 Å². The summed E-state index contributed by atoms with van der Waals surface area (Å²) < 4.78 is 4.83. The molecule has 6 heteroatoms. The fraction of sp³-hybridized carbons (Fsp3) is 0.462. The molecular weight excluding hydrogens is 262 g/mol. The van der Waals surface area contributed by atoms with E-state index in [9.17, 15) is 4.79 Å². The Morgan fingerprint density at radius 3 is 2.95 bits per heavy atom. The van der Waals surface area contributed by atoms with E-state index in [1.54, 1.807) is 18.5 Å². The molecule has 2 N–H and O–H groups in total. The third-order valence-corrected chi connectivity index (χ3v) is 3.74. The Labute approximate surface area is 117 Å². The molecule has 0 radical (unpaired) electrons. The van der Waals surface area contributed by atoms with Crippen molar-refractivity contribution >= 4 is 28.9 Å². The van der Waals surface area contributed by atoms with Gasteiger partial charge in [-0.05, 0) is 12.0 Å².